The number of rotatable bonds is 8. The zero-order valence-corrected chi connectivity index (χ0v) is 9.15. The van der Waals surface area contributed by atoms with Gasteiger partial charge in [0.1, 0.15) is 0 Å². The van der Waals surface area contributed by atoms with E-state index in [2.05, 4.69) is 19.6 Å². The average Bonchev–Trinajstić information content (AvgIpc) is 2.09. The summed E-state index contributed by atoms with van der Waals surface area (Å²) in [5.41, 5.74) is 5.42. The van der Waals surface area contributed by atoms with Gasteiger partial charge in [-0.1, -0.05) is 32.6 Å². The summed E-state index contributed by atoms with van der Waals surface area (Å²) in [6.45, 7) is 3.05. The normalized spacial score (nSPS) is 13.2. The van der Waals surface area contributed by atoms with E-state index in [1.54, 1.807) is 0 Å². The Morgan fingerprint density at radius 1 is 1.08 bits per heavy atom. The number of thiol groups is 1. The molecule has 0 spiro atoms. The van der Waals surface area contributed by atoms with Crippen LogP contribution in [-0.2, 0) is 0 Å². The summed E-state index contributed by atoms with van der Waals surface area (Å²) in [5, 5.41) is 0.588. The molecule has 12 heavy (non-hydrogen) atoms. The van der Waals surface area contributed by atoms with Crippen LogP contribution in [0.15, 0.2) is 0 Å². The van der Waals surface area contributed by atoms with Gasteiger partial charge >= 0.3 is 0 Å². The molecule has 1 nitrogen and oxygen atoms in total. The molecule has 0 rings (SSSR count). The van der Waals surface area contributed by atoms with Crippen molar-refractivity contribution in [1.82, 2.24) is 0 Å². The Labute approximate surface area is 82.5 Å². The zero-order valence-electron chi connectivity index (χ0n) is 8.26. The Bertz CT molecular complexity index is 85.9. The maximum atomic E-state index is 5.42. The quantitative estimate of drug-likeness (QED) is 0.445. The maximum Gasteiger partial charge on any atom is 0.00172 e. The highest BCUT2D eigenvalue weighted by Crippen LogP contribution is 2.13. The largest absolute Gasteiger partial charge is 0.330 e. The second-order valence-electron chi connectivity index (χ2n) is 3.43. The molecule has 0 bridgehead atoms. The van der Waals surface area contributed by atoms with Crippen LogP contribution in [0, 0.1) is 0 Å². The van der Waals surface area contributed by atoms with Crippen molar-refractivity contribution in [2.24, 2.45) is 5.73 Å². The standard InChI is InChI=1S/C10H23NS/c1-2-3-4-5-7-10(12)8-6-9-11/h10,12H,2-9,11H2,1H3/t10-/m1/s1. The second-order valence-corrected chi connectivity index (χ2v) is 4.16. The molecule has 0 aliphatic carbocycles. The Hall–Kier alpha value is 0.310. The van der Waals surface area contributed by atoms with Gasteiger partial charge in [0.15, 0.2) is 0 Å². The molecule has 0 aromatic rings. The van der Waals surface area contributed by atoms with E-state index in [1.165, 1.54) is 38.5 Å². The van der Waals surface area contributed by atoms with Crippen LogP contribution in [0.25, 0.3) is 0 Å². The van der Waals surface area contributed by atoms with Crippen molar-refractivity contribution in [3.63, 3.8) is 0 Å². The first-order valence-corrected chi connectivity index (χ1v) is 5.71. The minimum Gasteiger partial charge on any atom is -0.330 e. The van der Waals surface area contributed by atoms with Gasteiger partial charge < -0.3 is 5.73 Å². The number of unbranched alkanes of at least 4 members (excludes halogenated alkanes) is 3. The molecule has 2 N–H and O–H groups in total. The van der Waals surface area contributed by atoms with Crippen LogP contribution >= 0.6 is 12.6 Å². The third kappa shape index (κ3) is 8.41. The average molecular weight is 189 g/mol. The van der Waals surface area contributed by atoms with E-state index in [-0.39, 0.29) is 0 Å². The molecular formula is C10H23NS. The van der Waals surface area contributed by atoms with Gasteiger partial charge in [-0.15, -0.1) is 0 Å². The molecule has 0 heterocycles. The van der Waals surface area contributed by atoms with E-state index in [0.717, 1.165) is 13.0 Å². The van der Waals surface area contributed by atoms with Crippen LogP contribution < -0.4 is 5.73 Å². The molecular weight excluding hydrogens is 166 g/mol. The zero-order chi connectivity index (χ0) is 9.23. The summed E-state index contributed by atoms with van der Waals surface area (Å²) in [6.07, 6.45) is 8.98. The predicted molar refractivity (Wildman–Crippen MR) is 59.8 cm³/mol. The van der Waals surface area contributed by atoms with E-state index in [1.807, 2.05) is 0 Å². The van der Waals surface area contributed by atoms with Gasteiger partial charge in [-0.25, -0.2) is 0 Å². The highest BCUT2D eigenvalue weighted by Gasteiger charge is 2.00. The van der Waals surface area contributed by atoms with E-state index in [9.17, 15) is 0 Å². The lowest BCUT2D eigenvalue weighted by Crippen LogP contribution is -2.04. The number of hydrogen-bond acceptors (Lipinski definition) is 2. The summed E-state index contributed by atoms with van der Waals surface area (Å²) < 4.78 is 0. The molecule has 0 aliphatic heterocycles. The third-order valence-electron chi connectivity index (χ3n) is 2.13. The first-order valence-electron chi connectivity index (χ1n) is 5.19. The molecule has 1 atom stereocenters. The fourth-order valence-corrected chi connectivity index (χ4v) is 1.67. The first kappa shape index (κ1) is 12.3. The van der Waals surface area contributed by atoms with Crippen molar-refractivity contribution >= 4 is 12.6 Å². The van der Waals surface area contributed by atoms with E-state index < -0.39 is 0 Å². The smallest absolute Gasteiger partial charge is 0.00172 e. The summed E-state index contributed by atoms with van der Waals surface area (Å²) in [6, 6.07) is 0. The Morgan fingerprint density at radius 2 is 1.75 bits per heavy atom. The van der Waals surface area contributed by atoms with Crippen molar-refractivity contribution in [2.75, 3.05) is 6.54 Å². The minimum absolute atomic E-state index is 0.588. The monoisotopic (exact) mass is 189 g/mol. The van der Waals surface area contributed by atoms with Crippen molar-refractivity contribution in [3.05, 3.63) is 0 Å². The van der Waals surface area contributed by atoms with Crippen LogP contribution in [0.5, 0.6) is 0 Å². The summed E-state index contributed by atoms with van der Waals surface area (Å²) >= 11 is 4.51. The highest BCUT2D eigenvalue weighted by molar-refractivity contribution is 7.80. The number of hydrogen-bond donors (Lipinski definition) is 2. The van der Waals surface area contributed by atoms with E-state index in [4.69, 9.17) is 5.73 Å². The third-order valence-corrected chi connectivity index (χ3v) is 2.65. The van der Waals surface area contributed by atoms with Gasteiger partial charge in [-0.05, 0) is 25.8 Å². The molecule has 0 saturated carbocycles. The van der Waals surface area contributed by atoms with Crippen LogP contribution in [0.4, 0.5) is 0 Å². The van der Waals surface area contributed by atoms with Crippen LogP contribution in [0.2, 0.25) is 0 Å². The van der Waals surface area contributed by atoms with Crippen molar-refractivity contribution in [1.29, 1.82) is 0 Å². The Balaban J connectivity index is 3.02. The minimum atomic E-state index is 0.588. The highest BCUT2D eigenvalue weighted by atomic mass is 32.1. The summed E-state index contributed by atoms with van der Waals surface area (Å²) in [4.78, 5) is 0. The topological polar surface area (TPSA) is 26.0 Å². The fraction of sp³-hybridized carbons (Fsp3) is 1.00. The summed E-state index contributed by atoms with van der Waals surface area (Å²) in [5.74, 6) is 0. The maximum absolute atomic E-state index is 5.42. The molecule has 0 radical (unpaired) electrons. The second kappa shape index (κ2) is 9.40. The lowest BCUT2D eigenvalue weighted by Gasteiger charge is -2.08. The van der Waals surface area contributed by atoms with Gasteiger partial charge in [0.2, 0.25) is 0 Å². The molecule has 2 heteroatoms. The molecule has 0 aliphatic rings. The molecule has 0 amide bonds. The lowest BCUT2D eigenvalue weighted by atomic mass is 10.1. The van der Waals surface area contributed by atoms with Gasteiger partial charge in [0.25, 0.3) is 0 Å². The van der Waals surface area contributed by atoms with Gasteiger partial charge in [0, 0.05) is 5.25 Å². The van der Waals surface area contributed by atoms with Crippen LogP contribution in [0.1, 0.15) is 51.9 Å². The van der Waals surface area contributed by atoms with Gasteiger partial charge in [-0.3, -0.25) is 0 Å². The molecule has 74 valence electrons. The van der Waals surface area contributed by atoms with E-state index >= 15 is 0 Å². The SMILES string of the molecule is CCCCCC[C@@H](S)CCCN. The molecule has 0 aromatic heterocycles. The molecule has 0 aromatic carbocycles. The van der Waals surface area contributed by atoms with Crippen LogP contribution in [-0.4, -0.2) is 11.8 Å². The van der Waals surface area contributed by atoms with Crippen LogP contribution in [0.3, 0.4) is 0 Å². The lowest BCUT2D eigenvalue weighted by molar-refractivity contribution is 0.590. The van der Waals surface area contributed by atoms with Crippen molar-refractivity contribution in [3.8, 4) is 0 Å². The predicted octanol–water partition coefficient (Wildman–Crippen LogP) is 2.99. The van der Waals surface area contributed by atoms with Crippen molar-refractivity contribution < 1.29 is 0 Å². The fourth-order valence-electron chi connectivity index (χ4n) is 1.30. The van der Waals surface area contributed by atoms with Gasteiger partial charge in [0.05, 0.1) is 0 Å². The molecule has 0 fully saturated rings. The van der Waals surface area contributed by atoms with Crippen molar-refractivity contribution in [2.45, 2.75) is 57.1 Å². The Kier molecular flexibility index (Phi) is 9.64. The molecule has 0 unspecified atom stereocenters. The van der Waals surface area contributed by atoms with E-state index in [0.29, 0.717) is 5.25 Å². The molecule has 0 saturated heterocycles. The Morgan fingerprint density at radius 3 is 2.33 bits per heavy atom. The van der Waals surface area contributed by atoms with Gasteiger partial charge in [-0.2, -0.15) is 12.6 Å². The summed E-state index contributed by atoms with van der Waals surface area (Å²) in [7, 11) is 0. The number of nitrogens with two attached hydrogens (primary N) is 1. The first-order chi connectivity index (χ1) is 5.81.